The van der Waals surface area contributed by atoms with Gasteiger partial charge < -0.3 is 4.74 Å². The second-order valence-corrected chi connectivity index (χ2v) is 5.95. The van der Waals surface area contributed by atoms with E-state index >= 15 is 0 Å². The van der Waals surface area contributed by atoms with Crippen LogP contribution in [0.15, 0.2) is 29.8 Å². The van der Waals surface area contributed by atoms with E-state index in [0.29, 0.717) is 5.69 Å². The van der Waals surface area contributed by atoms with Gasteiger partial charge in [0.1, 0.15) is 23.6 Å². The molecule has 0 atom stereocenters. The Kier molecular flexibility index (Phi) is 3.68. The van der Waals surface area contributed by atoms with Gasteiger partial charge in [0, 0.05) is 36.8 Å². The second-order valence-electron chi connectivity index (χ2n) is 4.95. The molecule has 1 fully saturated rings. The summed E-state index contributed by atoms with van der Waals surface area (Å²) < 4.78 is 5.84. The highest BCUT2D eigenvalue weighted by Gasteiger charge is 2.28. The molecular formula is C15H15N3OS. The first-order valence-corrected chi connectivity index (χ1v) is 7.40. The topological polar surface area (TPSA) is 49.1 Å². The van der Waals surface area contributed by atoms with Crippen LogP contribution in [-0.4, -0.2) is 29.1 Å². The highest BCUT2D eigenvalue weighted by Crippen LogP contribution is 2.23. The van der Waals surface area contributed by atoms with Crippen molar-refractivity contribution < 1.29 is 4.74 Å². The lowest BCUT2D eigenvalue weighted by molar-refractivity contribution is 0.0150. The molecule has 20 heavy (non-hydrogen) atoms. The molecule has 2 aromatic rings. The molecule has 102 valence electrons. The van der Waals surface area contributed by atoms with Gasteiger partial charge >= 0.3 is 0 Å². The van der Waals surface area contributed by atoms with Gasteiger partial charge in [-0.05, 0) is 30.0 Å². The molecule has 0 amide bonds. The number of thiophene rings is 1. The first-order chi connectivity index (χ1) is 9.74. The molecule has 0 aromatic carbocycles. The number of hydrogen-bond donors (Lipinski definition) is 0. The number of pyridine rings is 1. The third-order valence-electron chi connectivity index (χ3n) is 3.41. The van der Waals surface area contributed by atoms with Gasteiger partial charge in [0.2, 0.25) is 0 Å². The Morgan fingerprint density at radius 1 is 1.50 bits per heavy atom. The molecule has 0 aliphatic carbocycles. The van der Waals surface area contributed by atoms with Gasteiger partial charge in [-0.25, -0.2) is 4.98 Å². The van der Waals surface area contributed by atoms with Crippen molar-refractivity contribution >= 4 is 11.3 Å². The lowest BCUT2D eigenvalue weighted by atomic mass is 10.1. The van der Waals surface area contributed by atoms with Gasteiger partial charge in [0.15, 0.2) is 0 Å². The van der Waals surface area contributed by atoms with Crippen molar-refractivity contribution in [2.45, 2.75) is 19.6 Å². The van der Waals surface area contributed by atoms with Crippen molar-refractivity contribution in [2.75, 3.05) is 13.1 Å². The lowest BCUT2D eigenvalue weighted by Crippen LogP contribution is -2.53. The molecule has 0 bridgehead atoms. The van der Waals surface area contributed by atoms with Crippen molar-refractivity contribution in [3.63, 3.8) is 0 Å². The fourth-order valence-corrected chi connectivity index (χ4v) is 3.18. The number of likely N-dealkylation sites (tertiary alicyclic amines) is 1. The Labute approximate surface area is 122 Å². The molecule has 0 radical (unpaired) electrons. The fraction of sp³-hybridized carbons (Fsp3) is 0.333. The van der Waals surface area contributed by atoms with E-state index in [9.17, 15) is 0 Å². The molecule has 3 heterocycles. The maximum atomic E-state index is 8.80. The third-order valence-corrected chi connectivity index (χ3v) is 4.42. The smallest absolute Gasteiger partial charge is 0.144 e. The first-order valence-electron chi connectivity index (χ1n) is 6.53. The Morgan fingerprint density at radius 3 is 3.05 bits per heavy atom. The van der Waals surface area contributed by atoms with Crippen molar-refractivity contribution in [3.05, 3.63) is 45.9 Å². The molecule has 0 N–H and O–H groups in total. The van der Waals surface area contributed by atoms with Crippen LogP contribution in [0.3, 0.4) is 0 Å². The Bertz CT molecular complexity index is 641. The minimum atomic E-state index is 0.212. The Hall–Kier alpha value is -1.90. The Balaban J connectivity index is 1.51. The van der Waals surface area contributed by atoms with Crippen molar-refractivity contribution in [2.24, 2.45) is 0 Å². The van der Waals surface area contributed by atoms with Crippen LogP contribution in [0.25, 0.3) is 0 Å². The molecule has 0 unspecified atom stereocenters. The fourth-order valence-electron chi connectivity index (χ4n) is 2.23. The number of aromatic nitrogens is 1. The zero-order chi connectivity index (χ0) is 13.9. The molecule has 0 saturated carbocycles. The summed E-state index contributed by atoms with van der Waals surface area (Å²) in [6, 6.07) is 7.67. The summed E-state index contributed by atoms with van der Waals surface area (Å²) in [5.74, 6) is 0.730. The van der Waals surface area contributed by atoms with E-state index in [0.717, 1.165) is 25.4 Å². The molecule has 1 saturated heterocycles. The normalized spacial score (nSPS) is 15.6. The van der Waals surface area contributed by atoms with Gasteiger partial charge in [-0.3, -0.25) is 4.90 Å². The molecule has 1 aliphatic heterocycles. The predicted octanol–water partition coefficient (Wildman–Crippen LogP) is 2.59. The summed E-state index contributed by atoms with van der Waals surface area (Å²) in [5.41, 5.74) is 1.76. The maximum Gasteiger partial charge on any atom is 0.144 e. The average molecular weight is 285 g/mol. The van der Waals surface area contributed by atoms with Crippen LogP contribution in [0.5, 0.6) is 5.75 Å². The SMILES string of the molecule is Cc1ccsc1CN1CC(Oc2ccnc(C#N)c2)C1. The standard InChI is InChI=1S/C15H15N3OS/c1-11-3-5-20-15(11)10-18-8-14(9-18)19-13-2-4-17-12(6-13)7-16/h2-6,14H,8-10H2,1H3. The van der Waals surface area contributed by atoms with Gasteiger partial charge in [-0.2, -0.15) is 5.26 Å². The third kappa shape index (κ3) is 2.82. The van der Waals surface area contributed by atoms with E-state index in [-0.39, 0.29) is 6.10 Å². The zero-order valence-electron chi connectivity index (χ0n) is 11.2. The predicted molar refractivity (Wildman–Crippen MR) is 77.7 cm³/mol. The van der Waals surface area contributed by atoms with E-state index in [1.54, 1.807) is 18.3 Å². The highest BCUT2D eigenvalue weighted by atomic mass is 32.1. The number of ether oxygens (including phenoxy) is 1. The Morgan fingerprint density at radius 2 is 2.35 bits per heavy atom. The van der Waals surface area contributed by atoms with Crippen molar-refractivity contribution in [3.8, 4) is 11.8 Å². The minimum Gasteiger partial charge on any atom is -0.488 e. The van der Waals surface area contributed by atoms with Crippen LogP contribution in [0, 0.1) is 18.3 Å². The minimum absolute atomic E-state index is 0.212. The summed E-state index contributed by atoms with van der Waals surface area (Å²) in [7, 11) is 0. The van der Waals surface area contributed by atoms with E-state index in [1.165, 1.54) is 10.4 Å². The van der Waals surface area contributed by atoms with Crippen LogP contribution < -0.4 is 4.74 Å². The monoisotopic (exact) mass is 285 g/mol. The summed E-state index contributed by atoms with van der Waals surface area (Å²) in [6.45, 7) is 5.02. The van der Waals surface area contributed by atoms with E-state index in [1.807, 2.05) is 17.4 Å². The average Bonchev–Trinajstić information content (AvgIpc) is 2.82. The van der Waals surface area contributed by atoms with Crippen LogP contribution in [0.4, 0.5) is 0 Å². The van der Waals surface area contributed by atoms with Gasteiger partial charge in [-0.1, -0.05) is 0 Å². The largest absolute Gasteiger partial charge is 0.488 e. The molecule has 5 heteroatoms. The van der Waals surface area contributed by atoms with Crippen LogP contribution in [-0.2, 0) is 6.54 Å². The number of aryl methyl sites for hydroxylation is 1. The van der Waals surface area contributed by atoms with E-state index < -0.39 is 0 Å². The van der Waals surface area contributed by atoms with E-state index in [2.05, 4.69) is 28.3 Å². The number of nitriles is 1. The summed E-state index contributed by atoms with van der Waals surface area (Å²) >= 11 is 1.81. The molecule has 2 aromatic heterocycles. The molecule has 0 spiro atoms. The van der Waals surface area contributed by atoms with Crippen LogP contribution >= 0.6 is 11.3 Å². The van der Waals surface area contributed by atoms with Crippen molar-refractivity contribution in [1.29, 1.82) is 5.26 Å². The molecular weight excluding hydrogens is 270 g/mol. The summed E-state index contributed by atoms with van der Waals surface area (Å²) in [5, 5.41) is 10.9. The lowest BCUT2D eigenvalue weighted by Gasteiger charge is -2.38. The van der Waals surface area contributed by atoms with E-state index in [4.69, 9.17) is 10.00 Å². The quantitative estimate of drug-likeness (QED) is 0.866. The number of hydrogen-bond acceptors (Lipinski definition) is 5. The number of rotatable bonds is 4. The van der Waals surface area contributed by atoms with Gasteiger partial charge in [-0.15, -0.1) is 11.3 Å². The molecule has 1 aliphatic rings. The number of nitrogens with zero attached hydrogens (tertiary/aromatic N) is 3. The first kappa shape index (κ1) is 13.1. The summed E-state index contributed by atoms with van der Waals surface area (Å²) in [6.07, 6.45) is 1.82. The van der Waals surface area contributed by atoms with Crippen LogP contribution in [0.1, 0.15) is 16.1 Å². The molecule has 3 rings (SSSR count). The highest BCUT2D eigenvalue weighted by molar-refractivity contribution is 7.10. The maximum absolute atomic E-state index is 8.80. The summed E-state index contributed by atoms with van der Waals surface area (Å²) in [4.78, 5) is 7.73. The van der Waals surface area contributed by atoms with Gasteiger partial charge in [0.05, 0.1) is 0 Å². The zero-order valence-corrected chi connectivity index (χ0v) is 12.1. The molecule has 4 nitrogen and oxygen atoms in total. The van der Waals surface area contributed by atoms with Crippen LogP contribution in [0.2, 0.25) is 0 Å². The van der Waals surface area contributed by atoms with Crippen molar-refractivity contribution in [1.82, 2.24) is 9.88 Å². The van der Waals surface area contributed by atoms with Gasteiger partial charge in [0.25, 0.3) is 0 Å². The second kappa shape index (κ2) is 5.61.